The number of aromatic amines is 1. The van der Waals surface area contributed by atoms with E-state index in [-0.39, 0.29) is 12.4 Å². The van der Waals surface area contributed by atoms with Crippen LogP contribution in [0, 0.1) is 0 Å². The second-order valence-electron chi connectivity index (χ2n) is 5.26. The lowest BCUT2D eigenvalue weighted by atomic mass is 10.1. The molecule has 0 aliphatic carbocycles. The molecule has 130 valence electrons. The number of carbonyl (C=O) groups is 1. The molecule has 0 aliphatic heterocycles. The number of fused-ring (bicyclic) bond motifs is 1. The first-order chi connectivity index (χ1) is 11.8. The lowest BCUT2D eigenvalue weighted by molar-refractivity contribution is -0.141. The third-order valence-corrected chi connectivity index (χ3v) is 3.53. The van der Waals surface area contributed by atoms with E-state index in [9.17, 15) is 18.0 Å². The Bertz CT molecular complexity index is 938. The van der Waals surface area contributed by atoms with Crippen molar-refractivity contribution in [3.63, 3.8) is 0 Å². The Labute approximate surface area is 138 Å². The van der Waals surface area contributed by atoms with Crippen LogP contribution in [0.5, 0.6) is 0 Å². The molecule has 2 heterocycles. The predicted molar refractivity (Wildman–Crippen MR) is 80.1 cm³/mol. The number of primary amides is 1. The standard InChI is InChI=1S/C15H12F3N5O2/c16-15(17,18)10-3-4-20-13(23-10)11(12(19)25)14-21-8-2-1-7(6-24)5-9(8)22-14/h1-5,11,24H,6H2,(H2,19,25)(H,21,22). The first-order valence-corrected chi connectivity index (χ1v) is 7.08. The average molecular weight is 351 g/mol. The number of nitrogens with two attached hydrogens (primary N) is 1. The molecule has 0 spiro atoms. The number of alkyl halides is 3. The van der Waals surface area contributed by atoms with Gasteiger partial charge in [0.05, 0.1) is 17.6 Å². The van der Waals surface area contributed by atoms with Gasteiger partial charge in [-0.2, -0.15) is 13.2 Å². The van der Waals surface area contributed by atoms with Crippen LogP contribution in [-0.2, 0) is 17.6 Å². The molecule has 0 bridgehead atoms. The van der Waals surface area contributed by atoms with Gasteiger partial charge in [-0.05, 0) is 23.8 Å². The highest BCUT2D eigenvalue weighted by Crippen LogP contribution is 2.29. The monoisotopic (exact) mass is 351 g/mol. The van der Waals surface area contributed by atoms with E-state index in [0.29, 0.717) is 22.7 Å². The number of aliphatic hydroxyl groups is 1. The minimum Gasteiger partial charge on any atom is -0.392 e. The van der Waals surface area contributed by atoms with Gasteiger partial charge in [0.15, 0.2) is 5.92 Å². The summed E-state index contributed by atoms with van der Waals surface area (Å²) in [5, 5.41) is 9.15. The van der Waals surface area contributed by atoms with Gasteiger partial charge < -0.3 is 15.8 Å². The number of imidazole rings is 1. The summed E-state index contributed by atoms with van der Waals surface area (Å²) in [4.78, 5) is 26.0. The van der Waals surface area contributed by atoms with Gasteiger partial charge in [0.25, 0.3) is 0 Å². The van der Waals surface area contributed by atoms with E-state index >= 15 is 0 Å². The molecule has 1 unspecified atom stereocenters. The van der Waals surface area contributed by atoms with Crippen LogP contribution in [0.4, 0.5) is 13.2 Å². The van der Waals surface area contributed by atoms with Crippen molar-refractivity contribution >= 4 is 16.9 Å². The Balaban J connectivity index is 2.09. The SMILES string of the molecule is NC(=O)C(c1nccc(C(F)(F)F)n1)c1nc2ccc(CO)cc2[nH]1. The lowest BCUT2D eigenvalue weighted by Gasteiger charge is -2.11. The number of benzene rings is 1. The molecule has 25 heavy (non-hydrogen) atoms. The number of amides is 1. The van der Waals surface area contributed by atoms with Gasteiger partial charge >= 0.3 is 6.18 Å². The number of aromatic nitrogens is 4. The number of aliphatic hydroxyl groups excluding tert-OH is 1. The summed E-state index contributed by atoms with van der Waals surface area (Å²) < 4.78 is 38.5. The Morgan fingerprint density at radius 2 is 2.04 bits per heavy atom. The third-order valence-electron chi connectivity index (χ3n) is 3.53. The maximum Gasteiger partial charge on any atom is 0.433 e. The van der Waals surface area contributed by atoms with E-state index in [1.165, 1.54) is 0 Å². The van der Waals surface area contributed by atoms with Gasteiger partial charge in [-0.25, -0.2) is 15.0 Å². The first kappa shape index (κ1) is 16.8. The number of H-pyrrole nitrogens is 1. The fourth-order valence-electron chi connectivity index (χ4n) is 2.37. The summed E-state index contributed by atoms with van der Waals surface area (Å²) in [6.07, 6.45) is -3.77. The summed E-state index contributed by atoms with van der Waals surface area (Å²) >= 11 is 0. The smallest absolute Gasteiger partial charge is 0.392 e. The molecule has 4 N–H and O–H groups in total. The fraction of sp³-hybridized carbons (Fsp3) is 0.200. The molecule has 10 heteroatoms. The van der Waals surface area contributed by atoms with Gasteiger partial charge in [0.1, 0.15) is 17.3 Å². The first-order valence-electron chi connectivity index (χ1n) is 7.08. The van der Waals surface area contributed by atoms with Crippen LogP contribution in [0.3, 0.4) is 0 Å². The van der Waals surface area contributed by atoms with E-state index in [2.05, 4.69) is 19.9 Å². The number of nitrogens with zero attached hydrogens (tertiary/aromatic N) is 3. The molecule has 2 aromatic heterocycles. The fourth-order valence-corrected chi connectivity index (χ4v) is 2.37. The van der Waals surface area contributed by atoms with Crippen LogP contribution in [0.15, 0.2) is 30.5 Å². The van der Waals surface area contributed by atoms with Crippen molar-refractivity contribution in [1.82, 2.24) is 19.9 Å². The Morgan fingerprint density at radius 1 is 1.28 bits per heavy atom. The van der Waals surface area contributed by atoms with Crippen LogP contribution in [0.1, 0.15) is 28.8 Å². The zero-order chi connectivity index (χ0) is 18.2. The topological polar surface area (TPSA) is 118 Å². The number of hydrogen-bond donors (Lipinski definition) is 3. The number of rotatable bonds is 4. The minimum atomic E-state index is -4.68. The zero-order valence-corrected chi connectivity index (χ0v) is 12.6. The molecular formula is C15H12F3N5O2. The molecule has 0 fully saturated rings. The minimum absolute atomic E-state index is 0.0249. The quantitative estimate of drug-likeness (QED) is 0.658. The number of nitrogens with one attached hydrogen (secondary N) is 1. The average Bonchev–Trinajstić information content (AvgIpc) is 2.96. The van der Waals surface area contributed by atoms with Crippen molar-refractivity contribution in [3.05, 3.63) is 53.4 Å². The van der Waals surface area contributed by atoms with Gasteiger partial charge in [0.2, 0.25) is 5.91 Å². The second kappa shape index (κ2) is 6.13. The highest BCUT2D eigenvalue weighted by Gasteiger charge is 2.35. The largest absolute Gasteiger partial charge is 0.433 e. The number of halogens is 3. The molecule has 3 aromatic rings. The molecule has 7 nitrogen and oxygen atoms in total. The van der Waals surface area contributed by atoms with Crippen LogP contribution in [0.25, 0.3) is 11.0 Å². The summed E-state index contributed by atoms with van der Waals surface area (Å²) in [7, 11) is 0. The predicted octanol–water partition coefficient (Wildman–Crippen LogP) is 1.48. The van der Waals surface area contributed by atoms with Crippen molar-refractivity contribution in [2.75, 3.05) is 0 Å². The second-order valence-corrected chi connectivity index (χ2v) is 5.26. The van der Waals surface area contributed by atoms with E-state index in [0.717, 1.165) is 6.20 Å². The van der Waals surface area contributed by atoms with Crippen molar-refractivity contribution in [2.45, 2.75) is 18.7 Å². The molecule has 1 atom stereocenters. The summed E-state index contributed by atoms with van der Waals surface area (Å²) in [5.41, 5.74) is 5.73. The molecule has 0 radical (unpaired) electrons. The maximum absolute atomic E-state index is 12.8. The summed E-state index contributed by atoms with van der Waals surface area (Å²) in [6.45, 7) is -0.194. The van der Waals surface area contributed by atoms with Crippen LogP contribution < -0.4 is 5.73 Å². The summed E-state index contributed by atoms with van der Waals surface area (Å²) in [6, 6.07) is 5.55. The highest BCUT2D eigenvalue weighted by molar-refractivity contribution is 5.85. The molecule has 0 aliphatic rings. The van der Waals surface area contributed by atoms with Crippen molar-refractivity contribution in [3.8, 4) is 0 Å². The van der Waals surface area contributed by atoms with Gasteiger partial charge in [0, 0.05) is 6.20 Å². The molecule has 0 saturated carbocycles. The van der Waals surface area contributed by atoms with Crippen LogP contribution in [-0.4, -0.2) is 30.9 Å². The van der Waals surface area contributed by atoms with Gasteiger partial charge in [-0.15, -0.1) is 0 Å². The maximum atomic E-state index is 12.8. The molecule has 0 saturated heterocycles. The van der Waals surface area contributed by atoms with Crippen molar-refractivity contribution in [1.29, 1.82) is 0 Å². The van der Waals surface area contributed by atoms with Crippen molar-refractivity contribution < 1.29 is 23.1 Å². The number of carbonyl (C=O) groups excluding carboxylic acids is 1. The number of hydrogen-bond acceptors (Lipinski definition) is 5. The van der Waals surface area contributed by atoms with Gasteiger partial charge in [-0.3, -0.25) is 4.79 Å². The van der Waals surface area contributed by atoms with Gasteiger partial charge in [-0.1, -0.05) is 6.07 Å². The Kier molecular flexibility index (Phi) is 4.13. The molecule has 3 rings (SSSR count). The van der Waals surface area contributed by atoms with Crippen LogP contribution in [0.2, 0.25) is 0 Å². The third kappa shape index (κ3) is 3.29. The Hall–Kier alpha value is -3.01. The van der Waals surface area contributed by atoms with Crippen molar-refractivity contribution in [2.24, 2.45) is 5.73 Å². The summed E-state index contributed by atoms with van der Waals surface area (Å²) in [5.74, 6) is -2.69. The van der Waals surface area contributed by atoms with Crippen LogP contribution >= 0.6 is 0 Å². The highest BCUT2D eigenvalue weighted by atomic mass is 19.4. The van der Waals surface area contributed by atoms with E-state index in [4.69, 9.17) is 10.8 Å². The normalized spacial score (nSPS) is 13.1. The lowest BCUT2D eigenvalue weighted by Crippen LogP contribution is -2.26. The van der Waals surface area contributed by atoms with E-state index in [1.807, 2.05) is 0 Å². The molecule has 1 aromatic carbocycles. The Morgan fingerprint density at radius 3 is 2.68 bits per heavy atom. The van der Waals surface area contributed by atoms with E-state index < -0.39 is 29.5 Å². The molecule has 1 amide bonds. The molecular weight excluding hydrogens is 339 g/mol. The zero-order valence-electron chi connectivity index (χ0n) is 12.6. The van der Waals surface area contributed by atoms with E-state index in [1.54, 1.807) is 18.2 Å².